The fourth-order valence-electron chi connectivity index (χ4n) is 5.62. The number of carboxylic acids is 1. The van der Waals surface area contributed by atoms with Gasteiger partial charge in [0.2, 0.25) is 11.8 Å². The van der Waals surface area contributed by atoms with Crippen molar-refractivity contribution in [2.24, 2.45) is 0 Å². The lowest BCUT2D eigenvalue weighted by molar-refractivity contribution is -0.143. The van der Waals surface area contributed by atoms with E-state index in [1.807, 2.05) is 48.5 Å². The summed E-state index contributed by atoms with van der Waals surface area (Å²) < 4.78 is 5.89. The number of aliphatic carboxylic acids is 1. The van der Waals surface area contributed by atoms with E-state index >= 15 is 0 Å². The average molecular weight is 722 g/mol. The maximum Gasteiger partial charge on any atom is 0.326 e. The van der Waals surface area contributed by atoms with Gasteiger partial charge in [0.25, 0.3) is 5.91 Å². The van der Waals surface area contributed by atoms with E-state index in [4.69, 9.17) is 4.74 Å². The zero-order valence-electron chi connectivity index (χ0n) is 31.3. The number of benzene rings is 3. The van der Waals surface area contributed by atoms with Gasteiger partial charge in [-0.25, -0.2) is 14.8 Å². The van der Waals surface area contributed by atoms with Gasteiger partial charge in [-0.3, -0.25) is 14.4 Å². The molecule has 0 aliphatic rings. The predicted octanol–water partition coefficient (Wildman–Crippen LogP) is 6.50. The Hall–Kier alpha value is -5.58. The van der Waals surface area contributed by atoms with Crippen LogP contribution in [0.25, 0.3) is 22.5 Å². The SMILES string of the molecule is CCCCCCCOc1ccc(-c2cnc(-c3ccc(C[C@H](NC(=O)c4ccc(C(C)(C)C)cc4)C(=O)N[C@H](CC(=O)NC)C(=O)O)cc3)nc2)cc1. The van der Waals surface area contributed by atoms with Gasteiger partial charge in [0.1, 0.15) is 17.8 Å². The van der Waals surface area contributed by atoms with E-state index in [1.165, 1.54) is 32.7 Å². The maximum atomic E-state index is 13.5. The van der Waals surface area contributed by atoms with Crippen molar-refractivity contribution in [1.82, 2.24) is 25.9 Å². The van der Waals surface area contributed by atoms with Crippen LogP contribution in [0.2, 0.25) is 0 Å². The molecule has 0 radical (unpaired) electrons. The predicted molar refractivity (Wildman–Crippen MR) is 206 cm³/mol. The second kappa shape index (κ2) is 19.3. The maximum absolute atomic E-state index is 13.5. The van der Waals surface area contributed by atoms with Crippen LogP contribution < -0.4 is 20.7 Å². The second-order valence-electron chi connectivity index (χ2n) is 14.1. The normalized spacial score (nSPS) is 12.3. The van der Waals surface area contributed by atoms with Gasteiger partial charge in [-0.15, -0.1) is 0 Å². The van der Waals surface area contributed by atoms with Gasteiger partial charge >= 0.3 is 5.97 Å². The number of unbranched alkanes of at least 4 members (excludes halogenated alkanes) is 4. The van der Waals surface area contributed by atoms with Crippen LogP contribution in [0.1, 0.15) is 87.7 Å². The molecular formula is C42H51N5O6. The summed E-state index contributed by atoms with van der Waals surface area (Å²) in [5.74, 6) is -1.78. The van der Waals surface area contributed by atoms with Gasteiger partial charge < -0.3 is 25.8 Å². The lowest BCUT2D eigenvalue weighted by atomic mass is 9.86. The van der Waals surface area contributed by atoms with Gasteiger partial charge in [-0.1, -0.05) is 102 Å². The molecule has 0 fully saturated rings. The summed E-state index contributed by atoms with van der Waals surface area (Å²) in [5.41, 5.74) is 4.58. The van der Waals surface area contributed by atoms with Crippen molar-refractivity contribution in [2.45, 2.75) is 90.1 Å². The Bertz CT molecular complexity index is 1800. The van der Waals surface area contributed by atoms with Gasteiger partial charge in [-0.05, 0) is 52.8 Å². The lowest BCUT2D eigenvalue weighted by Crippen LogP contribution is -2.53. The molecule has 0 saturated carbocycles. The third-order valence-corrected chi connectivity index (χ3v) is 8.93. The monoisotopic (exact) mass is 721 g/mol. The number of ether oxygens (including phenoxy) is 1. The quantitative estimate of drug-likeness (QED) is 0.0848. The molecular weight excluding hydrogens is 670 g/mol. The Morgan fingerprint density at radius 1 is 0.755 bits per heavy atom. The fraction of sp³-hybridized carbons (Fsp3) is 0.381. The van der Waals surface area contributed by atoms with E-state index in [0.717, 1.165) is 34.4 Å². The highest BCUT2D eigenvalue weighted by Crippen LogP contribution is 2.25. The number of carbonyl (C=O) groups excluding carboxylic acids is 3. The minimum atomic E-state index is -1.48. The Balaban J connectivity index is 1.44. The van der Waals surface area contributed by atoms with Crippen molar-refractivity contribution in [2.75, 3.05) is 13.7 Å². The van der Waals surface area contributed by atoms with Crippen LogP contribution in [0.5, 0.6) is 5.75 Å². The second-order valence-corrected chi connectivity index (χ2v) is 14.1. The largest absolute Gasteiger partial charge is 0.494 e. The molecule has 4 rings (SSSR count). The molecule has 0 spiro atoms. The van der Waals surface area contributed by atoms with Gasteiger partial charge in [-0.2, -0.15) is 0 Å². The first kappa shape index (κ1) is 40.2. The number of hydrogen-bond donors (Lipinski definition) is 4. The first-order valence-electron chi connectivity index (χ1n) is 18.2. The molecule has 1 aromatic heterocycles. The van der Waals surface area contributed by atoms with E-state index in [-0.39, 0.29) is 11.8 Å². The van der Waals surface area contributed by atoms with Gasteiger partial charge in [0, 0.05) is 42.6 Å². The van der Waals surface area contributed by atoms with Crippen molar-refractivity contribution in [3.63, 3.8) is 0 Å². The molecule has 3 amide bonds. The van der Waals surface area contributed by atoms with Crippen LogP contribution >= 0.6 is 0 Å². The topological polar surface area (TPSA) is 160 Å². The summed E-state index contributed by atoms with van der Waals surface area (Å²) in [5, 5.41) is 17.2. The highest BCUT2D eigenvalue weighted by molar-refractivity contribution is 5.98. The molecule has 0 unspecified atom stereocenters. The molecule has 0 aliphatic heterocycles. The van der Waals surface area contributed by atoms with Crippen LogP contribution in [0.3, 0.4) is 0 Å². The molecule has 0 aliphatic carbocycles. The number of carboxylic acid groups (broad SMARTS) is 1. The smallest absolute Gasteiger partial charge is 0.326 e. The Labute approximate surface area is 312 Å². The summed E-state index contributed by atoms with van der Waals surface area (Å²) in [7, 11) is 1.38. The highest BCUT2D eigenvalue weighted by Gasteiger charge is 2.29. The van der Waals surface area contributed by atoms with E-state index in [2.05, 4.69) is 53.6 Å². The Morgan fingerprint density at radius 2 is 1.38 bits per heavy atom. The summed E-state index contributed by atoms with van der Waals surface area (Å²) >= 11 is 0. The zero-order valence-corrected chi connectivity index (χ0v) is 31.3. The fourth-order valence-corrected chi connectivity index (χ4v) is 5.62. The number of amides is 3. The summed E-state index contributed by atoms with van der Waals surface area (Å²) in [6.07, 6.45) is 9.08. The van der Waals surface area contributed by atoms with Crippen LogP contribution in [0.4, 0.5) is 0 Å². The van der Waals surface area contributed by atoms with E-state index < -0.39 is 42.2 Å². The van der Waals surface area contributed by atoms with Gasteiger partial charge in [0.05, 0.1) is 13.0 Å². The number of hydrogen-bond acceptors (Lipinski definition) is 7. The number of nitrogens with zero attached hydrogens (tertiary/aromatic N) is 2. The number of carbonyl (C=O) groups is 4. The Morgan fingerprint density at radius 3 is 1.96 bits per heavy atom. The standard InChI is InChI=1S/C42H51N5O6/c1-6-7-8-9-10-23-53-34-21-17-29(18-22-34)32-26-44-38(45-27-32)30-13-11-28(12-14-30)24-35(40(50)47-36(41(51)52)25-37(48)43-5)46-39(49)31-15-19-33(20-16-31)42(2,3)4/h11-22,26-27,35-36H,6-10,23-25H2,1-5H3,(H,43,48)(H,46,49)(H,47,50)(H,51,52)/t35-,36+/m0/s1. The molecule has 280 valence electrons. The van der Waals surface area contributed by atoms with Crippen LogP contribution in [0.15, 0.2) is 85.2 Å². The third kappa shape index (κ3) is 12.3. The molecule has 4 aromatic rings. The average Bonchev–Trinajstić information content (AvgIpc) is 3.15. The lowest BCUT2D eigenvalue weighted by Gasteiger charge is -2.22. The first-order valence-corrected chi connectivity index (χ1v) is 18.2. The minimum absolute atomic E-state index is 0.0581. The first-order chi connectivity index (χ1) is 25.4. The molecule has 11 heteroatoms. The van der Waals surface area contributed by atoms with Crippen molar-refractivity contribution >= 4 is 23.7 Å². The van der Waals surface area contributed by atoms with Crippen molar-refractivity contribution in [3.8, 4) is 28.3 Å². The zero-order chi connectivity index (χ0) is 38.4. The summed E-state index contributed by atoms with van der Waals surface area (Å²) in [4.78, 5) is 59.8. The van der Waals surface area contributed by atoms with Crippen molar-refractivity contribution < 1.29 is 29.0 Å². The van der Waals surface area contributed by atoms with Gasteiger partial charge in [0.15, 0.2) is 5.82 Å². The number of rotatable bonds is 18. The molecule has 4 N–H and O–H groups in total. The summed E-state index contributed by atoms with van der Waals surface area (Å²) in [6.45, 7) is 9.12. The van der Waals surface area contributed by atoms with Crippen molar-refractivity contribution in [1.29, 1.82) is 0 Å². The van der Waals surface area contributed by atoms with Crippen LogP contribution in [-0.4, -0.2) is 64.5 Å². The molecule has 0 saturated heterocycles. The molecule has 1 heterocycles. The van der Waals surface area contributed by atoms with E-state index in [9.17, 15) is 24.3 Å². The minimum Gasteiger partial charge on any atom is -0.494 e. The van der Waals surface area contributed by atoms with E-state index in [1.54, 1.807) is 36.7 Å². The highest BCUT2D eigenvalue weighted by atomic mass is 16.5. The van der Waals surface area contributed by atoms with Crippen LogP contribution in [-0.2, 0) is 26.2 Å². The van der Waals surface area contributed by atoms with E-state index in [0.29, 0.717) is 23.6 Å². The molecule has 3 aromatic carbocycles. The van der Waals surface area contributed by atoms with Crippen LogP contribution in [0, 0.1) is 0 Å². The molecule has 0 bridgehead atoms. The number of nitrogens with one attached hydrogen (secondary N) is 3. The molecule has 2 atom stereocenters. The molecule has 11 nitrogen and oxygen atoms in total. The van der Waals surface area contributed by atoms with Crippen molar-refractivity contribution in [3.05, 3.63) is 102 Å². The summed E-state index contributed by atoms with van der Waals surface area (Å²) in [6, 6.07) is 19.6. The third-order valence-electron chi connectivity index (χ3n) is 8.93. The number of aromatic nitrogens is 2. The molecule has 53 heavy (non-hydrogen) atoms. The Kier molecular flexibility index (Phi) is 14.6.